The fourth-order valence-electron chi connectivity index (χ4n) is 3.57. The van der Waals surface area contributed by atoms with Crippen LogP contribution in [0.25, 0.3) is 11.0 Å². The first-order chi connectivity index (χ1) is 11.6. The van der Waals surface area contributed by atoms with Crippen LogP contribution in [0, 0.1) is 0 Å². The molecule has 0 aliphatic carbocycles. The van der Waals surface area contributed by atoms with Crippen molar-refractivity contribution < 1.29 is 4.74 Å². The number of nitrogens with one attached hydrogen (secondary N) is 1. The van der Waals surface area contributed by atoms with Gasteiger partial charge in [0.05, 0.1) is 24.5 Å². The predicted molar refractivity (Wildman–Crippen MR) is 92.4 cm³/mol. The van der Waals surface area contributed by atoms with Crippen LogP contribution in [0.5, 0.6) is 5.88 Å². The maximum atomic E-state index is 5.90. The van der Waals surface area contributed by atoms with Gasteiger partial charge < -0.3 is 4.74 Å². The minimum Gasteiger partial charge on any atom is -0.478 e. The zero-order valence-electron chi connectivity index (χ0n) is 14.4. The molecule has 1 aliphatic heterocycles. The van der Waals surface area contributed by atoms with Gasteiger partial charge in [-0.15, -0.1) is 0 Å². The third-order valence-electron chi connectivity index (χ3n) is 4.89. The van der Waals surface area contributed by atoms with E-state index in [1.54, 1.807) is 6.20 Å². The van der Waals surface area contributed by atoms with Gasteiger partial charge in [-0.2, -0.15) is 10.2 Å². The van der Waals surface area contributed by atoms with Crippen molar-refractivity contribution in [3.05, 3.63) is 35.8 Å². The van der Waals surface area contributed by atoms with E-state index in [1.165, 1.54) is 5.56 Å². The average Bonchev–Trinajstić information content (AvgIpc) is 3.19. The molecule has 1 N–H and O–H groups in total. The van der Waals surface area contributed by atoms with Gasteiger partial charge in [-0.05, 0) is 24.5 Å². The van der Waals surface area contributed by atoms with Crippen molar-refractivity contribution >= 4 is 11.0 Å². The number of H-pyrrole nitrogens is 1. The van der Waals surface area contributed by atoms with Gasteiger partial charge in [0.1, 0.15) is 0 Å². The van der Waals surface area contributed by atoms with E-state index in [4.69, 9.17) is 4.74 Å². The van der Waals surface area contributed by atoms with Crippen LogP contribution in [-0.4, -0.2) is 31.6 Å². The van der Waals surface area contributed by atoms with E-state index in [0.29, 0.717) is 17.9 Å². The Bertz CT molecular complexity index is 850. The lowest BCUT2D eigenvalue weighted by atomic mass is 9.94. The quantitative estimate of drug-likeness (QED) is 0.792. The monoisotopic (exact) mass is 325 g/mol. The number of nitrogens with zero attached hydrogens (tertiary/aromatic N) is 4. The van der Waals surface area contributed by atoms with Crippen molar-refractivity contribution in [2.24, 2.45) is 0 Å². The number of aromatic amines is 1. The van der Waals surface area contributed by atoms with Gasteiger partial charge >= 0.3 is 0 Å². The smallest absolute Gasteiger partial charge is 0.215 e. The number of hydrogen-bond acceptors (Lipinski definition) is 4. The summed E-state index contributed by atoms with van der Waals surface area (Å²) in [5.74, 6) is 1.69. The Hall–Kier alpha value is -2.37. The van der Waals surface area contributed by atoms with Crippen molar-refractivity contribution in [1.29, 1.82) is 0 Å². The predicted octanol–water partition coefficient (Wildman–Crippen LogP) is 3.80. The van der Waals surface area contributed by atoms with Gasteiger partial charge in [-0.3, -0.25) is 5.10 Å². The van der Waals surface area contributed by atoms with E-state index in [0.717, 1.165) is 42.1 Å². The molecule has 2 unspecified atom stereocenters. The third kappa shape index (κ3) is 2.46. The molecule has 0 spiro atoms. The van der Waals surface area contributed by atoms with E-state index < -0.39 is 0 Å². The van der Waals surface area contributed by atoms with Crippen LogP contribution >= 0.6 is 0 Å². The number of aromatic nitrogens is 5. The third-order valence-corrected chi connectivity index (χ3v) is 4.89. The summed E-state index contributed by atoms with van der Waals surface area (Å²) in [4.78, 5) is 4.33. The zero-order valence-corrected chi connectivity index (χ0v) is 14.4. The Labute approximate surface area is 141 Å². The van der Waals surface area contributed by atoms with Crippen LogP contribution in [0.4, 0.5) is 0 Å². The fraction of sp³-hybridized carbons (Fsp3) is 0.500. The molecule has 0 aromatic carbocycles. The molecule has 6 nitrogen and oxygen atoms in total. The second-order valence-corrected chi connectivity index (χ2v) is 6.94. The normalized spacial score (nSPS) is 18.6. The van der Waals surface area contributed by atoms with Crippen molar-refractivity contribution in [1.82, 2.24) is 25.0 Å². The molecule has 1 aliphatic rings. The molecule has 0 saturated carbocycles. The Morgan fingerprint density at radius 1 is 1.38 bits per heavy atom. The van der Waals surface area contributed by atoms with E-state index >= 15 is 0 Å². The largest absolute Gasteiger partial charge is 0.478 e. The maximum absolute atomic E-state index is 5.90. The number of pyridine rings is 1. The number of hydrogen-bond donors (Lipinski definition) is 1. The molecule has 2 atom stereocenters. The summed E-state index contributed by atoms with van der Waals surface area (Å²) in [6, 6.07) is 4.39. The highest BCUT2D eigenvalue weighted by atomic mass is 16.5. The molecule has 4 heterocycles. The van der Waals surface area contributed by atoms with Crippen molar-refractivity contribution in [2.75, 3.05) is 6.61 Å². The zero-order chi connectivity index (χ0) is 16.7. The summed E-state index contributed by atoms with van der Waals surface area (Å²) in [5.41, 5.74) is 3.14. The first kappa shape index (κ1) is 15.2. The summed E-state index contributed by atoms with van der Waals surface area (Å²) in [6.45, 7) is 7.34. The molecule has 126 valence electrons. The molecule has 3 aromatic heterocycles. The maximum Gasteiger partial charge on any atom is 0.215 e. The van der Waals surface area contributed by atoms with Crippen LogP contribution in [0.15, 0.2) is 24.5 Å². The highest BCUT2D eigenvalue weighted by Gasteiger charge is 2.28. The topological polar surface area (TPSA) is 68.6 Å². The van der Waals surface area contributed by atoms with Crippen LogP contribution in [-0.2, 0) is 0 Å². The van der Waals surface area contributed by atoms with Crippen LogP contribution in [0.2, 0.25) is 0 Å². The molecule has 0 fully saturated rings. The van der Waals surface area contributed by atoms with Gasteiger partial charge in [-0.25, -0.2) is 9.67 Å². The average molecular weight is 325 g/mol. The molecule has 6 heteroatoms. The first-order valence-electron chi connectivity index (χ1n) is 8.64. The minimum absolute atomic E-state index is 0.325. The summed E-state index contributed by atoms with van der Waals surface area (Å²) < 4.78 is 7.97. The highest BCUT2D eigenvalue weighted by molar-refractivity contribution is 5.77. The van der Waals surface area contributed by atoms with E-state index in [-0.39, 0.29) is 0 Å². The Morgan fingerprint density at radius 3 is 3.08 bits per heavy atom. The highest BCUT2D eigenvalue weighted by Crippen LogP contribution is 2.37. The molecule has 3 aromatic rings. The van der Waals surface area contributed by atoms with Gasteiger partial charge in [0, 0.05) is 29.5 Å². The standard InChI is InChI=1S/C18H23N5O/c1-11(2)15-10-20-23-13(6-8-24-18(15)23)9-12(3)16-14-5-4-7-19-17(14)22-21-16/h4-5,7,10-13H,6,8-9H2,1-3H3,(H,19,21,22). The second kappa shape index (κ2) is 5.92. The molecule has 24 heavy (non-hydrogen) atoms. The Kier molecular flexibility index (Phi) is 3.75. The molecule has 4 rings (SSSR count). The number of fused-ring (bicyclic) bond motifs is 2. The Balaban J connectivity index is 1.60. The molecular formula is C18H23N5O. The van der Waals surface area contributed by atoms with Crippen LogP contribution in [0.1, 0.15) is 62.7 Å². The molecule has 0 bridgehead atoms. The van der Waals surface area contributed by atoms with Crippen LogP contribution in [0.3, 0.4) is 0 Å². The molecular weight excluding hydrogens is 302 g/mol. The first-order valence-corrected chi connectivity index (χ1v) is 8.64. The minimum atomic E-state index is 0.325. The summed E-state index contributed by atoms with van der Waals surface area (Å²) in [7, 11) is 0. The number of rotatable bonds is 4. The summed E-state index contributed by atoms with van der Waals surface area (Å²) in [5, 5.41) is 13.3. The van der Waals surface area contributed by atoms with E-state index in [1.807, 2.05) is 12.3 Å². The lowest BCUT2D eigenvalue weighted by Gasteiger charge is -2.27. The molecule has 0 radical (unpaired) electrons. The van der Waals surface area contributed by atoms with Crippen LogP contribution < -0.4 is 4.74 Å². The van der Waals surface area contributed by atoms with E-state index in [2.05, 4.69) is 51.8 Å². The molecule has 0 amide bonds. The van der Waals surface area contributed by atoms with Gasteiger partial charge in [0.25, 0.3) is 0 Å². The Morgan fingerprint density at radius 2 is 2.25 bits per heavy atom. The summed E-state index contributed by atoms with van der Waals surface area (Å²) >= 11 is 0. The second-order valence-electron chi connectivity index (χ2n) is 6.94. The lowest BCUT2D eigenvalue weighted by molar-refractivity contribution is 0.180. The van der Waals surface area contributed by atoms with Gasteiger partial charge in [0.15, 0.2) is 5.65 Å². The number of ether oxygens (including phenoxy) is 1. The van der Waals surface area contributed by atoms with E-state index in [9.17, 15) is 0 Å². The summed E-state index contributed by atoms with van der Waals surface area (Å²) in [6.07, 6.45) is 5.72. The van der Waals surface area contributed by atoms with Crippen molar-refractivity contribution in [2.45, 2.75) is 51.5 Å². The molecule has 0 saturated heterocycles. The SMILES string of the molecule is CC(C)c1cnn2c1OCCC2CC(C)c1n[nH]c2ncccc12. The van der Waals surface area contributed by atoms with Crippen molar-refractivity contribution in [3.63, 3.8) is 0 Å². The fourth-order valence-corrected chi connectivity index (χ4v) is 3.57. The van der Waals surface area contributed by atoms with Crippen molar-refractivity contribution in [3.8, 4) is 5.88 Å². The van der Waals surface area contributed by atoms with Gasteiger partial charge in [-0.1, -0.05) is 20.8 Å². The van der Waals surface area contributed by atoms with Gasteiger partial charge in [0.2, 0.25) is 5.88 Å². The lowest BCUT2D eigenvalue weighted by Crippen LogP contribution is -2.23.